The highest BCUT2D eigenvalue weighted by molar-refractivity contribution is 6.36. The van der Waals surface area contributed by atoms with Crippen LogP contribution in [-0.2, 0) is 16.2 Å². The predicted molar refractivity (Wildman–Crippen MR) is 127 cm³/mol. The zero-order valence-electron chi connectivity index (χ0n) is 17.1. The van der Waals surface area contributed by atoms with Gasteiger partial charge in [-0.05, 0) is 35.9 Å². The first-order chi connectivity index (χ1) is 15.5. The second-order valence-electron chi connectivity index (χ2n) is 6.78. The molecule has 2 amide bonds. The van der Waals surface area contributed by atoms with E-state index < -0.39 is 0 Å². The van der Waals surface area contributed by atoms with E-state index in [0.717, 1.165) is 11.1 Å². The Kier molecular flexibility index (Phi) is 8.66. The summed E-state index contributed by atoms with van der Waals surface area (Å²) in [6, 6.07) is 21.9. The standard InChI is InChI=1S/C24H21Cl2N3O3/c25-19-10-11-21(20(26)14-19)28-23(30)12-13-24(31)29-27-15-18-8-4-5-9-22(18)32-16-17-6-2-1-3-7-17/h1-11,14-15H,12-13,16H2,(H,28,30)(H,29,31)/b27-15+. The quantitative estimate of drug-likeness (QED) is 0.323. The van der Waals surface area contributed by atoms with E-state index in [-0.39, 0.29) is 24.7 Å². The summed E-state index contributed by atoms with van der Waals surface area (Å²) in [7, 11) is 0. The van der Waals surface area contributed by atoms with Gasteiger partial charge in [-0.1, -0.05) is 65.7 Å². The Morgan fingerprint density at radius 1 is 0.906 bits per heavy atom. The first-order valence-corrected chi connectivity index (χ1v) is 10.6. The van der Waals surface area contributed by atoms with Gasteiger partial charge in [0.15, 0.2) is 0 Å². The summed E-state index contributed by atoms with van der Waals surface area (Å²) >= 11 is 11.9. The summed E-state index contributed by atoms with van der Waals surface area (Å²) in [6.45, 7) is 0.421. The molecule has 0 aliphatic rings. The van der Waals surface area contributed by atoms with Crippen molar-refractivity contribution in [1.82, 2.24) is 5.43 Å². The number of para-hydroxylation sites is 1. The number of nitrogens with one attached hydrogen (secondary N) is 2. The Bertz CT molecular complexity index is 1100. The van der Waals surface area contributed by atoms with Crippen molar-refractivity contribution in [2.24, 2.45) is 5.10 Å². The van der Waals surface area contributed by atoms with Crippen LogP contribution in [0.4, 0.5) is 5.69 Å². The lowest BCUT2D eigenvalue weighted by Crippen LogP contribution is -2.20. The van der Waals surface area contributed by atoms with Crippen molar-refractivity contribution < 1.29 is 14.3 Å². The number of hydrazone groups is 1. The molecule has 3 rings (SSSR count). The molecule has 0 unspecified atom stereocenters. The first kappa shape index (κ1) is 23.3. The second-order valence-corrected chi connectivity index (χ2v) is 7.62. The highest BCUT2D eigenvalue weighted by Crippen LogP contribution is 2.25. The summed E-state index contributed by atoms with van der Waals surface area (Å²) in [5.74, 6) is -0.0807. The molecule has 0 aromatic heterocycles. The summed E-state index contributed by atoms with van der Waals surface area (Å²) in [5.41, 5.74) is 4.63. The normalized spacial score (nSPS) is 10.7. The zero-order valence-corrected chi connectivity index (χ0v) is 18.6. The molecule has 0 aliphatic carbocycles. The molecule has 6 nitrogen and oxygen atoms in total. The summed E-state index contributed by atoms with van der Waals surface area (Å²) in [4.78, 5) is 24.1. The lowest BCUT2D eigenvalue weighted by molar-refractivity contribution is -0.124. The number of anilines is 1. The van der Waals surface area contributed by atoms with Gasteiger partial charge in [0.1, 0.15) is 12.4 Å². The molecule has 3 aromatic carbocycles. The average Bonchev–Trinajstić information content (AvgIpc) is 2.79. The minimum Gasteiger partial charge on any atom is -0.488 e. The van der Waals surface area contributed by atoms with Crippen LogP contribution in [0.1, 0.15) is 24.0 Å². The second kappa shape index (κ2) is 11.9. The van der Waals surface area contributed by atoms with Crippen LogP contribution >= 0.6 is 23.2 Å². The van der Waals surface area contributed by atoms with Crippen LogP contribution in [0, 0.1) is 0 Å². The van der Waals surface area contributed by atoms with Gasteiger partial charge in [-0.2, -0.15) is 5.10 Å². The van der Waals surface area contributed by atoms with Gasteiger partial charge in [-0.25, -0.2) is 5.43 Å². The topological polar surface area (TPSA) is 79.8 Å². The van der Waals surface area contributed by atoms with Crippen molar-refractivity contribution in [3.63, 3.8) is 0 Å². The number of benzene rings is 3. The molecule has 0 heterocycles. The molecule has 0 spiro atoms. The Hall–Kier alpha value is -3.35. The predicted octanol–water partition coefficient (Wildman–Crippen LogP) is 5.44. The lowest BCUT2D eigenvalue weighted by atomic mass is 10.2. The van der Waals surface area contributed by atoms with Gasteiger partial charge in [0.05, 0.1) is 16.9 Å². The van der Waals surface area contributed by atoms with Crippen LogP contribution < -0.4 is 15.5 Å². The number of amides is 2. The van der Waals surface area contributed by atoms with Gasteiger partial charge >= 0.3 is 0 Å². The van der Waals surface area contributed by atoms with Crippen LogP contribution in [0.3, 0.4) is 0 Å². The fourth-order valence-corrected chi connectivity index (χ4v) is 3.17. The number of carbonyl (C=O) groups excluding carboxylic acids is 2. The van der Waals surface area contributed by atoms with Gasteiger partial charge in [-0.3, -0.25) is 9.59 Å². The van der Waals surface area contributed by atoms with E-state index in [1.807, 2.05) is 54.6 Å². The molecule has 3 aromatic rings. The van der Waals surface area contributed by atoms with Crippen molar-refractivity contribution in [2.75, 3.05) is 5.32 Å². The fraction of sp³-hybridized carbons (Fsp3) is 0.125. The SMILES string of the molecule is O=C(CCC(=O)Nc1ccc(Cl)cc1Cl)N/N=C/c1ccccc1OCc1ccccc1. The molecule has 8 heteroatoms. The fourth-order valence-electron chi connectivity index (χ4n) is 2.71. The summed E-state index contributed by atoms with van der Waals surface area (Å²) < 4.78 is 5.86. The molecule has 0 atom stereocenters. The molecule has 0 radical (unpaired) electrons. The Balaban J connectivity index is 1.46. The Labute approximate surface area is 196 Å². The number of rotatable bonds is 9. The molecule has 0 bridgehead atoms. The van der Waals surface area contributed by atoms with Gasteiger partial charge in [0, 0.05) is 23.4 Å². The first-order valence-electron chi connectivity index (χ1n) is 9.84. The van der Waals surface area contributed by atoms with E-state index in [2.05, 4.69) is 15.8 Å². The number of hydrogen-bond acceptors (Lipinski definition) is 4. The number of ether oxygens (including phenoxy) is 1. The average molecular weight is 470 g/mol. The maximum absolute atomic E-state index is 12.0. The third-order valence-corrected chi connectivity index (χ3v) is 4.88. The third kappa shape index (κ3) is 7.41. The largest absolute Gasteiger partial charge is 0.488 e. The molecular weight excluding hydrogens is 449 g/mol. The van der Waals surface area contributed by atoms with Crippen molar-refractivity contribution in [2.45, 2.75) is 19.4 Å². The minimum atomic E-state index is -0.388. The number of halogens is 2. The number of nitrogens with zero attached hydrogens (tertiary/aromatic N) is 1. The Morgan fingerprint density at radius 3 is 2.41 bits per heavy atom. The number of carbonyl (C=O) groups is 2. The smallest absolute Gasteiger partial charge is 0.240 e. The van der Waals surface area contributed by atoms with E-state index >= 15 is 0 Å². The maximum atomic E-state index is 12.0. The highest BCUT2D eigenvalue weighted by Gasteiger charge is 2.09. The Morgan fingerprint density at radius 2 is 1.62 bits per heavy atom. The monoisotopic (exact) mass is 469 g/mol. The lowest BCUT2D eigenvalue weighted by Gasteiger charge is -2.09. The van der Waals surface area contributed by atoms with E-state index in [4.69, 9.17) is 27.9 Å². The van der Waals surface area contributed by atoms with E-state index in [1.54, 1.807) is 12.1 Å². The zero-order chi connectivity index (χ0) is 22.8. The van der Waals surface area contributed by atoms with Crippen LogP contribution in [0.25, 0.3) is 0 Å². The van der Waals surface area contributed by atoms with Crippen LogP contribution in [0.2, 0.25) is 10.0 Å². The molecule has 0 fully saturated rings. The van der Waals surface area contributed by atoms with Crippen LogP contribution in [-0.4, -0.2) is 18.0 Å². The minimum absolute atomic E-state index is 0.0168. The molecule has 164 valence electrons. The molecular formula is C24H21Cl2N3O3. The molecule has 0 saturated heterocycles. The van der Waals surface area contributed by atoms with Gasteiger partial charge < -0.3 is 10.1 Å². The third-order valence-electron chi connectivity index (χ3n) is 4.33. The highest BCUT2D eigenvalue weighted by atomic mass is 35.5. The molecule has 32 heavy (non-hydrogen) atoms. The van der Waals surface area contributed by atoms with Crippen molar-refractivity contribution in [3.8, 4) is 5.75 Å². The maximum Gasteiger partial charge on any atom is 0.240 e. The summed E-state index contributed by atoms with van der Waals surface area (Å²) in [5, 5.41) is 7.41. The van der Waals surface area contributed by atoms with Crippen molar-refractivity contribution in [1.29, 1.82) is 0 Å². The van der Waals surface area contributed by atoms with E-state index in [9.17, 15) is 9.59 Å². The van der Waals surface area contributed by atoms with Gasteiger partial charge in [0.25, 0.3) is 0 Å². The van der Waals surface area contributed by atoms with Crippen LogP contribution in [0.15, 0.2) is 77.9 Å². The number of hydrogen-bond donors (Lipinski definition) is 2. The van der Waals surface area contributed by atoms with Crippen molar-refractivity contribution in [3.05, 3.63) is 94.0 Å². The van der Waals surface area contributed by atoms with Gasteiger partial charge in [-0.15, -0.1) is 0 Å². The summed E-state index contributed by atoms with van der Waals surface area (Å²) in [6.07, 6.45) is 1.46. The van der Waals surface area contributed by atoms with Crippen molar-refractivity contribution >= 4 is 46.9 Å². The van der Waals surface area contributed by atoms with Gasteiger partial charge in [0.2, 0.25) is 11.8 Å². The van der Waals surface area contributed by atoms with Crippen LogP contribution in [0.5, 0.6) is 5.75 Å². The molecule has 0 saturated carbocycles. The molecule has 0 aliphatic heterocycles. The van der Waals surface area contributed by atoms with E-state index in [1.165, 1.54) is 12.3 Å². The molecule has 2 N–H and O–H groups in total. The van der Waals surface area contributed by atoms with E-state index in [0.29, 0.717) is 28.1 Å².